The number of nitrogens with two attached hydrogens (primary N) is 1. The number of pyridine rings is 1. The molecule has 35 heavy (non-hydrogen) atoms. The predicted molar refractivity (Wildman–Crippen MR) is 127 cm³/mol. The van der Waals surface area contributed by atoms with Crippen molar-refractivity contribution < 1.29 is 17.9 Å². The maximum Gasteiger partial charge on any atom is 0.433 e. The second-order valence-corrected chi connectivity index (χ2v) is 8.21. The molecule has 11 heteroatoms. The van der Waals surface area contributed by atoms with Crippen LogP contribution in [0.1, 0.15) is 16.8 Å². The normalized spacial score (nSPS) is 11.7. The quantitative estimate of drug-likeness (QED) is 0.444. The molecule has 0 atom stereocenters. The Bertz CT molecular complexity index is 1550. The molecular formula is C24H20ClF3N4O3. The number of halogens is 4. The first-order valence-electron chi connectivity index (χ1n) is 10.4. The average molecular weight is 505 g/mol. The summed E-state index contributed by atoms with van der Waals surface area (Å²) < 4.78 is 49.5. The van der Waals surface area contributed by atoms with Crippen LogP contribution in [0.2, 0.25) is 5.02 Å². The minimum atomic E-state index is -4.90. The van der Waals surface area contributed by atoms with Crippen molar-refractivity contribution in [2.24, 2.45) is 12.8 Å². The molecule has 2 N–H and O–H groups in total. The lowest BCUT2D eigenvalue weighted by molar-refractivity contribution is -0.141. The number of alkyl halides is 3. The molecule has 2 heterocycles. The molecule has 4 rings (SSSR count). The van der Waals surface area contributed by atoms with E-state index in [9.17, 15) is 22.8 Å². The van der Waals surface area contributed by atoms with E-state index in [1.54, 1.807) is 30.3 Å². The summed E-state index contributed by atoms with van der Waals surface area (Å²) in [5.74, 6) is 0.135. The zero-order valence-corrected chi connectivity index (χ0v) is 19.4. The summed E-state index contributed by atoms with van der Waals surface area (Å²) in [6.45, 7) is -0.654. The van der Waals surface area contributed by atoms with E-state index in [0.29, 0.717) is 5.56 Å². The van der Waals surface area contributed by atoms with Crippen LogP contribution in [0.25, 0.3) is 22.2 Å². The van der Waals surface area contributed by atoms with Gasteiger partial charge in [-0.15, -0.1) is 0 Å². The number of benzene rings is 2. The van der Waals surface area contributed by atoms with Gasteiger partial charge in [-0.25, -0.2) is 9.78 Å². The van der Waals surface area contributed by atoms with E-state index in [1.807, 2.05) is 0 Å². The van der Waals surface area contributed by atoms with Gasteiger partial charge in [0.25, 0.3) is 5.56 Å². The van der Waals surface area contributed by atoms with Crippen LogP contribution in [0.5, 0.6) is 5.75 Å². The van der Waals surface area contributed by atoms with Crippen LogP contribution in [-0.4, -0.2) is 21.2 Å². The molecule has 0 aliphatic carbocycles. The summed E-state index contributed by atoms with van der Waals surface area (Å²) >= 11 is 6.06. The van der Waals surface area contributed by atoms with Gasteiger partial charge >= 0.3 is 11.9 Å². The molecule has 0 bridgehead atoms. The lowest BCUT2D eigenvalue weighted by Crippen LogP contribution is -2.40. The first-order chi connectivity index (χ1) is 16.6. The molecule has 0 unspecified atom stereocenters. The van der Waals surface area contributed by atoms with E-state index in [2.05, 4.69) is 4.98 Å². The van der Waals surface area contributed by atoms with E-state index in [1.165, 1.54) is 32.4 Å². The van der Waals surface area contributed by atoms with Gasteiger partial charge in [0.2, 0.25) is 0 Å². The fourth-order valence-corrected chi connectivity index (χ4v) is 4.22. The summed E-state index contributed by atoms with van der Waals surface area (Å²) in [6, 6.07) is 13.1. The van der Waals surface area contributed by atoms with Crippen molar-refractivity contribution in [2.75, 3.05) is 7.11 Å². The van der Waals surface area contributed by atoms with Gasteiger partial charge in [-0.2, -0.15) is 13.2 Å². The van der Waals surface area contributed by atoms with Crippen LogP contribution in [-0.2, 0) is 26.3 Å². The van der Waals surface area contributed by atoms with Crippen LogP contribution in [0.15, 0.2) is 58.1 Å². The van der Waals surface area contributed by atoms with Gasteiger partial charge in [0, 0.05) is 35.3 Å². The van der Waals surface area contributed by atoms with Gasteiger partial charge < -0.3 is 10.5 Å². The molecule has 2 aromatic carbocycles. The highest BCUT2D eigenvalue weighted by Crippen LogP contribution is 2.42. The van der Waals surface area contributed by atoms with Crippen molar-refractivity contribution in [3.05, 3.63) is 91.2 Å². The predicted octanol–water partition coefficient (Wildman–Crippen LogP) is 3.95. The number of methoxy groups -OCH3 is 1. The largest absolute Gasteiger partial charge is 0.496 e. The molecule has 0 spiro atoms. The van der Waals surface area contributed by atoms with E-state index in [4.69, 9.17) is 22.1 Å². The van der Waals surface area contributed by atoms with Crippen LogP contribution < -0.4 is 21.7 Å². The van der Waals surface area contributed by atoms with Crippen molar-refractivity contribution in [2.45, 2.75) is 19.3 Å². The van der Waals surface area contributed by atoms with Gasteiger partial charge in [-0.1, -0.05) is 41.9 Å². The van der Waals surface area contributed by atoms with Crippen molar-refractivity contribution in [3.63, 3.8) is 0 Å². The standard InChI is InChI=1S/C24H20ClF3N4O3/c1-31-21-19(22(33)32(23(31)34)12-13-6-4-3-5-7-13)18(15-9-8-14(25)10-17(15)35-2)16(11-29)20(30-21)24(26,27)28/h3-10H,11-12,29H2,1-2H3. The number of rotatable bonds is 5. The smallest absolute Gasteiger partial charge is 0.433 e. The van der Waals surface area contributed by atoms with Crippen LogP contribution in [0.4, 0.5) is 13.2 Å². The average Bonchev–Trinajstić information content (AvgIpc) is 2.84. The number of aryl methyl sites for hydroxylation is 1. The second kappa shape index (κ2) is 9.20. The number of hydrogen-bond acceptors (Lipinski definition) is 5. The highest BCUT2D eigenvalue weighted by molar-refractivity contribution is 6.30. The van der Waals surface area contributed by atoms with Gasteiger partial charge in [-0.05, 0) is 23.8 Å². The number of hydrogen-bond donors (Lipinski definition) is 1. The molecular weight excluding hydrogens is 485 g/mol. The molecule has 0 amide bonds. The highest BCUT2D eigenvalue weighted by Gasteiger charge is 2.38. The summed E-state index contributed by atoms with van der Waals surface area (Å²) in [7, 11) is 2.60. The Hall–Kier alpha value is -3.63. The summed E-state index contributed by atoms with van der Waals surface area (Å²) in [5.41, 5.74) is 2.81. The third-order valence-corrected chi connectivity index (χ3v) is 5.90. The number of fused-ring (bicyclic) bond motifs is 1. The minimum Gasteiger partial charge on any atom is -0.496 e. The Balaban J connectivity index is 2.22. The molecule has 0 aliphatic heterocycles. The van der Waals surface area contributed by atoms with Crippen LogP contribution in [0, 0.1) is 0 Å². The maximum atomic E-state index is 14.1. The van der Waals surface area contributed by atoms with E-state index in [-0.39, 0.29) is 33.8 Å². The molecule has 0 saturated carbocycles. The molecule has 4 aromatic rings. The van der Waals surface area contributed by atoms with Gasteiger partial charge in [0.1, 0.15) is 5.75 Å². The molecule has 2 aromatic heterocycles. The number of aromatic nitrogens is 3. The highest BCUT2D eigenvalue weighted by atomic mass is 35.5. The van der Waals surface area contributed by atoms with E-state index < -0.39 is 40.9 Å². The Morgan fingerprint density at radius 3 is 2.40 bits per heavy atom. The molecule has 0 fully saturated rings. The molecule has 0 radical (unpaired) electrons. The fourth-order valence-electron chi connectivity index (χ4n) is 4.06. The number of nitrogens with zero attached hydrogens (tertiary/aromatic N) is 3. The summed E-state index contributed by atoms with van der Waals surface area (Å²) in [6.07, 6.45) is -4.90. The zero-order chi connectivity index (χ0) is 25.5. The van der Waals surface area contributed by atoms with Crippen molar-refractivity contribution in [1.29, 1.82) is 0 Å². The topological polar surface area (TPSA) is 92.1 Å². The first-order valence-corrected chi connectivity index (χ1v) is 10.8. The van der Waals surface area contributed by atoms with Crippen LogP contribution in [0.3, 0.4) is 0 Å². The van der Waals surface area contributed by atoms with Gasteiger partial charge in [0.15, 0.2) is 11.3 Å². The Labute approximate surface area is 202 Å². The lowest BCUT2D eigenvalue weighted by Gasteiger charge is -2.21. The number of ether oxygens (including phenoxy) is 1. The molecule has 7 nitrogen and oxygen atoms in total. The van der Waals surface area contributed by atoms with Crippen LogP contribution >= 0.6 is 11.6 Å². The molecule has 0 aliphatic rings. The van der Waals surface area contributed by atoms with Gasteiger partial charge in [-0.3, -0.25) is 13.9 Å². The Morgan fingerprint density at radius 2 is 1.80 bits per heavy atom. The molecule has 0 saturated heterocycles. The maximum absolute atomic E-state index is 14.1. The fraction of sp³-hybridized carbons (Fsp3) is 0.208. The van der Waals surface area contributed by atoms with E-state index in [0.717, 1.165) is 9.13 Å². The third kappa shape index (κ3) is 4.30. The lowest BCUT2D eigenvalue weighted by atomic mass is 9.94. The molecule has 182 valence electrons. The van der Waals surface area contributed by atoms with Crippen molar-refractivity contribution in [3.8, 4) is 16.9 Å². The second-order valence-electron chi connectivity index (χ2n) is 7.78. The third-order valence-electron chi connectivity index (χ3n) is 5.66. The van der Waals surface area contributed by atoms with Crippen molar-refractivity contribution >= 4 is 22.6 Å². The Morgan fingerprint density at radius 1 is 1.11 bits per heavy atom. The first kappa shape index (κ1) is 24.5. The van der Waals surface area contributed by atoms with E-state index >= 15 is 0 Å². The summed E-state index contributed by atoms with van der Waals surface area (Å²) in [4.78, 5) is 30.5. The zero-order valence-electron chi connectivity index (χ0n) is 18.7. The van der Waals surface area contributed by atoms with Crippen molar-refractivity contribution in [1.82, 2.24) is 14.1 Å². The monoisotopic (exact) mass is 504 g/mol. The SMILES string of the molecule is COc1cc(Cl)ccc1-c1c(CN)c(C(F)(F)F)nc2c1c(=O)n(Cc1ccccc1)c(=O)n2C. The van der Waals surface area contributed by atoms with Gasteiger partial charge in [0.05, 0.1) is 19.0 Å². The minimum absolute atomic E-state index is 0.0849. The Kier molecular flexibility index (Phi) is 6.44. The summed E-state index contributed by atoms with van der Waals surface area (Å²) in [5, 5.41) is 0.0975.